The number of aryl methyl sites for hydroxylation is 1. The number of anilines is 2. The largest absolute Gasteiger partial charge is 0.497 e. The first kappa shape index (κ1) is 41.9. The predicted molar refractivity (Wildman–Crippen MR) is 240 cm³/mol. The molecule has 314 valence electrons. The van der Waals surface area contributed by atoms with Crippen molar-refractivity contribution < 1.29 is 28.9 Å². The van der Waals surface area contributed by atoms with Gasteiger partial charge in [0.25, 0.3) is 11.8 Å². The molecule has 1 saturated heterocycles. The van der Waals surface area contributed by atoms with Crippen LogP contribution in [0.25, 0.3) is 0 Å². The molecule has 0 bridgehead atoms. The number of nitrogens with zero attached hydrogens (tertiary/aromatic N) is 4. The van der Waals surface area contributed by atoms with Crippen LogP contribution in [0.5, 0.6) is 11.5 Å². The smallest absolute Gasteiger partial charge is 0.264 e. The molecule has 6 aromatic rings. The molecule has 61 heavy (non-hydrogen) atoms. The lowest BCUT2D eigenvalue weighted by Crippen LogP contribution is -2.51. The van der Waals surface area contributed by atoms with E-state index in [0.29, 0.717) is 47.2 Å². The van der Waals surface area contributed by atoms with Gasteiger partial charge < -0.3 is 29.5 Å². The standard InChI is InChI=1S/C48H50ClN5O6Si/c1-31-45(61(4,5)39-22-20-38(59-3)21-23-39)44(25-26-53-29-42(51-52-53)40(30-55)33-9-7-6-8-10-33)60-48(31)41-27-35(49)15-24-43(41)54(47(48)57)28-32-11-16-36(17-12-32)50-46(56)34-13-18-37(58-2)19-14-34/h6-24,27,29,31,40,44-45,55H,25-26,28,30H2,1-5H3,(H,50,56)/t31-,40?,44+,45-,48+/m1/s1. The van der Waals surface area contributed by atoms with Gasteiger partial charge in [-0.25, -0.2) is 0 Å². The number of aliphatic hydroxyl groups is 1. The van der Waals surface area contributed by atoms with Crippen LogP contribution in [0, 0.1) is 5.92 Å². The van der Waals surface area contributed by atoms with Gasteiger partial charge in [0.2, 0.25) is 0 Å². The number of ether oxygens (including phenoxy) is 3. The number of fused-ring (bicyclic) bond motifs is 2. The van der Waals surface area contributed by atoms with Crippen molar-refractivity contribution >= 4 is 48.1 Å². The maximum atomic E-state index is 15.3. The lowest BCUT2D eigenvalue weighted by molar-refractivity contribution is -0.146. The third kappa shape index (κ3) is 7.96. The quantitative estimate of drug-likeness (QED) is 0.105. The number of amides is 2. The molecule has 0 saturated carbocycles. The Balaban J connectivity index is 1.09. The number of aromatic nitrogens is 3. The number of carbonyl (C=O) groups excluding carboxylic acids is 2. The second-order valence-corrected chi connectivity index (χ2v) is 21.6. The van der Waals surface area contributed by atoms with Crippen LogP contribution < -0.4 is 24.9 Å². The van der Waals surface area contributed by atoms with Crippen LogP contribution in [0.3, 0.4) is 0 Å². The average molecular weight is 856 g/mol. The van der Waals surface area contributed by atoms with Gasteiger partial charge in [-0.1, -0.05) is 96.6 Å². The van der Waals surface area contributed by atoms with Crippen molar-refractivity contribution in [3.05, 3.63) is 160 Å². The van der Waals surface area contributed by atoms with Crippen LogP contribution in [-0.2, 0) is 28.2 Å². The highest BCUT2D eigenvalue weighted by Gasteiger charge is 2.66. The molecule has 5 aromatic carbocycles. The molecule has 2 amide bonds. The summed E-state index contributed by atoms with van der Waals surface area (Å²) < 4.78 is 19.9. The molecule has 1 aromatic heterocycles. The average Bonchev–Trinajstić information content (AvgIpc) is 3.94. The van der Waals surface area contributed by atoms with Gasteiger partial charge in [-0.15, -0.1) is 5.10 Å². The SMILES string of the molecule is COc1ccc(C(=O)Nc2ccc(CN3C(=O)[C@@]4(O[C@@H](CCn5cc(C(CO)c6ccccc6)nn5)[C@H]([Si](C)(C)c5ccc(OC)cc5)[C@H]4C)c4cc(Cl)ccc43)cc2)cc1. The van der Waals surface area contributed by atoms with Gasteiger partial charge in [-0.05, 0) is 89.8 Å². The fourth-order valence-electron chi connectivity index (χ4n) is 9.43. The minimum Gasteiger partial charge on any atom is -0.497 e. The van der Waals surface area contributed by atoms with Gasteiger partial charge in [0.1, 0.15) is 11.5 Å². The zero-order valence-corrected chi connectivity index (χ0v) is 36.7. The van der Waals surface area contributed by atoms with E-state index >= 15 is 4.79 Å². The zero-order valence-electron chi connectivity index (χ0n) is 34.9. The van der Waals surface area contributed by atoms with Gasteiger partial charge in [0.15, 0.2) is 5.60 Å². The van der Waals surface area contributed by atoms with Gasteiger partial charge in [-0.3, -0.25) is 14.3 Å². The molecule has 13 heteroatoms. The van der Waals surface area contributed by atoms with Gasteiger partial charge in [-0.2, -0.15) is 0 Å². The topological polar surface area (TPSA) is 128 Å². The highest BCUT2D eigenvalue weighted by molar-refractivity contribution is 6.91. The van der Waals surface area contributed by atoms with Crippen LogP contribution in [0.15, 0.2) is 128 Å². The Kier molecular flexibility index (Phi) is 11.9. The molecule has 11 nitrogen and oxygen atoms in total. The zero-order chi connectivity index (χ0) is 42.9. The number of nitrogens with one attached hydrogen (secondary N) is 1. The molecule has 2 N–H and O–H groups in total. The molecular weight excluding hydrogens is 806 g/mol. The Morgan fingerprint density at radius 1 is 0.934 bits per heavy atom. The van der Waals surface area contributed by atoms with E-state index in [0.717, 1.165) is 28.1 Å². The third-order valence-corrected chi connectivity index (χ3v) is 17.2. The molecule has 0 radical (unpaired) electrons. The van der Waals surface area contributed by atoms with Crippen LogP contribution in [-0.4, -0.2) is 66.9 Å². The van der Waals surface area contributed by atoms with E-state index in [-0.39, 0.29) is 41.9 Å². The first-order valence-electron chi connectivity index (χ1n) is 20.5. The van der Waals surface area contributed by atoms with Gasteiger partial charge in [0.05, 0.1) is 58.8 Å². The van der Waals surface area contributed by atoms with Crippen molar-refractivity contribution in [3.8, 4) is 11.5 Å². The Bertz CT molecular complexity index is 2500. The van der Waals surface area contributed by atoms with Crippen molar-refractivity contribution in [2.45, 2.75) is 62.7 Å². The van der Waals surface area contributed by atoms with Crippen LogP contribution in [0.4, 0.5) is 11.4 Å². The number of rotatable bonds is 14. The van der Waals surface area contributed by atoms with Crippen LogP contribution in [0.2, 0.25) is 23.7 Å². The first-order chi connectivity index (χ1) is 29.5. The molecule has 1 unspecified atom stereocenters. The minimum atomic E-state index is -2.42. The van der Waals surface area contributed by atoms with E-state index < -0.39 is 13.7 Å². The summed E-state index contributed by atoms with van der Waals surface area (Å²) in [5, 5.41) is 24.0. The Hall–Kier alpha value is -5.79. The monoisotopic (exact) mass is 855 g/mol. The maximum absolute atomic E-state index is 15.3. The molecule has 8 rings (SSSR count). The second kappa shape index (κ2) is 17.3. The molecule has 1 fully saturated rings. The summed E-state index contributed by atoms with van der Waals surface area (Å²) in [4.78, 5) is 30.1. The van der Waals surface area contributed by atoms with Crippen molar-refractivity contribution in [2.24, 2.45) is 5.92 Å². The fraction of sp³-hybridized carbons (Fsp3) is 0.292. The van der Waals surface area contributed by atoms with Crippen LogP contribution >= 0.6 is 11.6 Å². The van der Waals surface area contributed by atoms with Crippen molar-refractivity contribution in [1.82, 2.24) is 15.0 Å². The maximum Gasteiger partial charge on any atom is 0.264 e. The lowest BCUT2D eigenvalue weighted by Gasteiger charge is -2.37. The minimum absolute atomic E-state index is 0.00252. The van der Waals surface area contributed by atoms with E-state index in [4.69, 9.17) is 25.8 Å². The predicted octanol–water partition coefficient (Wildman–Crippen LogP) is 8.18. The normalized spacial score (nSPS) is 20.1. The van der Waals surface area contributed by atoms with Gasteiger partial charge in [0, 0.05) is 40.5 Å². The third-order valence-electron chi connectivity index (χ3n) is 12.6. The Labute approximate surface area is 362 Å². The number of carbonyl (C=O) groups is 2. The molecular formula is C48H50ClN5O6Si. The van der Waals surface area contributed by atoms with E-state index in [1.165, 1.54) is 5.19 Å². The second-order valence-electron chi connectivity index (χ2n) is 16.4. The van der Waals surface area contributed by atoms with Crippen molar-refractivity contribution in [1.29, 1.82) is 0 Å². The summed E-state index contributed by atoms with van der Waals surface area (Å²) in [7, 11) is 0.833. The number of hydrogen-bond donors (Lipinski definition) is 2. The summed E-state index contributed by atoms with van der Waals surface area (Å²) in [6, 6.07) is 38.2. The van der Waals surface area contributed by atoms with E-state index in [1.54, 1.807) is 38.5 Å². The summed E-state index contributed by atoms with van der Waals surface area (Å²) in [6.07, 6.45) is 2.16. The first-order valence-corrected chi connectivity index (χ1v) is 24.0. The van der Waals surface area contributed by atoms with Crippen molar-refractivity contribution in [3.63, 3.8) is 0 Å². The Morgan fingerprint density at radius 3 is 2.26 bits per heavy atom. The molecule has 0 aliphatic carbocycles. The molecule has 2 aliphatic rings. The van der Waals surface area contributed by atoms with Gasteiger partial charge >= 0.3 is 0 Å². The molecule has 1 spiro atoms. The summed E-state index contributed by atoms with van der Waals surface area (Å²) in [5.41, 5.74) is 3.93. The highest BCUT2D eigenvalue weighted by atomic mass is 35.5. The number of methoxy groups -OCH3 is 2. The molecule has 3 heterocycles. The Morgan fingerprint density at radius 2 is 1.61 bits per heavy atom. The van der Waals surface area contributed by atoms with Crippen LogP contribution in [0.1, 0.15) is 52.0 Å². The number of halogens is 1. The van der Waals surface area contributed by atoms with E-state index in [1.807, 2.05) is 101 Å². The summed E-state index contributed by atoms with van der Waals surface area (Å²) in [6.45, 7) is 7.57. The number of aliphatic hydroxyl groups excluding tert-OH is 1. The molecule has 2 aliphatic heterocycles. The number of benzene rings is 5. The van der Waals surface area contributed by atoms with Crippen molar-refractivity contribution in [2.75, 3.05) is 31.0 Å². The summed E-state index contributed by atoms with van der Waals surface area (Å²) >= 11 is 6.75. The summed E-state index contributed by atoms with van der Waals surface area (Å²) in [5.74, 6) is 0.572. The molecule has 5 atom stereocenters. The lowest BCUT2D eigenvalue weighted by atomic mass is 9.82. The van der Waals surface area contributed by atoms with E-state index in [9.17, 15) is 9.90 Å². The van der Waals surface area contributed by atoms with E-state index in [2.05, 4.69) is 47.8 Å². The fourth-order valence-corrected chi connectivity index (χ4v) is 13.7. The highest BCUT2D eigenvalue weighted by Crippen LogP contribution is 2.60. The number of hydrogen-bond acceptors (Lipinski definition) is 8.